The van der Waals surface area contributed by atoms with Gasteiger partial charge in [-0.1, -0.05) is 0 Å². The van der Waals surface area contributed by atoms with Gasteiger partial charge in [0, 0.05) is 0 Å². The lowest BCUT2D eigenvalue weighted by molar-refractivity contribution is -0.251. The van der Waals surface area contributed by atoms with Gasteiger partial charge in [0.1, 0.15) is 24.4 Å². The second-order valence-electron chi connectivity index (χ2n) is 3.35. The van der Waals surface area contributed by atoms with Crippen molar-refractivity contribution in [2.75, 3.05) is 6.61 Å². The minimum absolute atomic E-state index is 0.659. The van der Waals surface area contributed by atoms with E-state index in [9.17, 15) is 23.7 Å². The summed E-state index contributed by atoms with van der Waals surface area (Å²) in [5, 5.41) is 36.8. The fraction of sp³-hybridized carbons (Fsp3) is 1.00. The van der Waals surface area contributed by atoms with Crippen molar-refractivity contribution in [1.82, 2.24) is 4.72 Å². The van der Waals surface area contributed by atoms with Crippen molar-refractivity contribution < 1.29 is 38.1 Å². The Hall–Kier alpha value is -0.330. The molecule has 0 aromatic carbocycles. The van der Waals surface area contributed by atoms with Crippen LogP contribution in [0, 0.1) is 0 Å². The lowest BCUT2D eigenvalue weighted by atomic mass is 9.98. The molecule has 1 heterocycles. The predicted molar refractivity (Wildman–Crippen MR) is 48.5 cm³/mol. The normalized spacial score (nSPS) is 40.9. The molecule has 1 aliphatic heterocycles. The number of ether oxygens (including phenoxy) is 1. The SMILES string of the molecule is O=S(=O)(O)NC1C(O)OC(CO)[C@@H](O)[C@@H]1O. The smallest absolute Gasteiger partial charge is 0.333 e. The van der Waals surface area contributed by atoms with Gasteiger partial charge in [0.15, 0.2) is 6.29 Å². The Kier molecular flexibility index (Phi) is 4.20. The molecule has 1 aliphatic rings. The van der Waals surface area contributed by atoms with Gasteiger partial charge in [-0.2, -0.15) is 13.1 Å². The van der Waals surface area contributed by atoms with Crippen LogP contribution in [0.2, 0.25) is 0 Å². The first-order valence-electron chi connectivity index (χ1n) is 4.31. The van der Waals surface area contributed by atoms with E-state index >= 15 is 0 Å². The molecule has 96 valence electrons. The fourth-order valence-electron chi connectivity index (χ4n) is 1.40. The summed E-state index contributed by atoms with van der Waals surface area (Å²) in [5.41, 5.74) is 0. The van der Waals surface area contributed by atoms with Gasteiger partial charge in [0.05, 0.1) is 6.61 Å². The van der Waals surface area contributed by atoms with Crippen molar-refractivity contribution in [2.45, 2.75) is 30.6 Å². The van der Waals surface area contributed by atoms with E-state index in [0.717, 1.165) is 0 Å². The van der Waals surface area contributed by atoms with Gasteiger partial charge < -0.3 is 25.2 Å². The van der Waals surface area contributed by atoms with Crippen LogP contribution in [0.15, 0.2) is 0 Å². The van der Waals surface area contributed by atoms with Crippen molar-refractivity contribution >= 4 is 10.3 Å². The minimum atomic E-state index is -4.66. The molecule has 1 rings (SSSR count). The molecule has 1 saturated heterocycles. The fourth-order valence-corrected chi connectivity index (χ4v) is 2.00. The van der Waals surface area contributed by atoms with Crippen molar-refractivity contribution in [3.05, 3.63) is 0 Å². The van der Waals surface area contributed by atoms with Gasteiger partial charge >= 0.3 is 10.3 Å². The van der Waals surface area contributed by atoms with Crippen LogP contribution in [0.4, 0.5) is 0 Å². The summed E-state index contributed by atoms with van der Waals surface area (Å²) < 4.78 is 35.6. The van der Waals surface area contributed by atoms with Gasteiger partial charge in [0.25, 0.3) is 0 Å². The first-order valence-corrected chi connectivity index (χ1v) is 5.75. The summed E-state index contributed by atoms with van der Waals surface area (Å²) in [4.78, 5) is 0. The molecule has 10 heteroatoms. The second kappa shape index (κ2) is 4.89. The van der Waals surface area contributed by atoms with Crippen LogP contribution < -0.4 is 4.72 Å². The van der Waals surface area contributed by atoms with Crippen LogP contribution in [0.25, 0.3) is 0 Å². The predicted octanol–water partition coefficient (Wildman–Crippen LogP) is -3.82. The van der Waals surface area contributed by atoms with Crippen LogP contribution in [-0.2, 0) is 15.0 Å². The number of hydrogen-bond acceptors (Lipinski definition) is 7. The Bertz CT molecular complexity index is 331. The highest BCUT2D eigenvalue weighted by Gasteiger charge is 2.44. The molecule has 0 aliphatic carbocycles. The van der Waals surface area contributed by atoms with Gasteiger partial charge in [-0.25, -0.2) is 0 Å². The Morgan fingerprint density at radius 2 is 1.75 bits per heavy atom. The molecule has 1 fully saturated rings. The molecule has 9 nitrogen and oxygen atoms in total. The van der Waals surface area contributed by atoms with E-state index in [-0.39, 0.29) is 0 Å². The molecular weight excluding hydrogens is 246 g/mol. The quantitative estimate of drug-likeness (QED) is 0.281. The lowest BCUT2D eigenvalue weighted by Gasteiger charge is -2.39. The first-order chi connectivity index (χ1) is 7.26. The third-order valence-electron chi connectivity index (χ3n) is 2.19. The van der Waals surface area contributed by atoms with Crippen LogP contribution in [0.5, 0.6) is 0 Å². The van der Waals surface area contributed by atoms with Crippen molar-refractivity contribution in [1.29, 1.82) is 0 Å². The maximum absolute atomic E-state index is 10.5. The molecule has 0 radical (unpaired) electrons. The van der Waals surface area contributed by atoms with E-state index in [1.807, 2.05) is 0 Å². The summed E-state index contributed by atoms with van der Waals surface area (Å²) in [7, 11) is -4.66. The maximum Gasteiger partial charge on any atom is 0.333 e. The highest BCUT2D eigenvalue weighted by molar-refractivity contribution is 7.83. The summed E-state index contributed by atoms with van der Waals surface area (Å²) in [6.07, 6.45) is -6.34. The zero-order valence-corrected chi connectivity index (χ0v) is 8.78. The number of aliphatic hydroxyl groups excluding tert-OH is 4. The topological polar surface area (TPSA) is 157 Å². The van der Waals surface area contributed by atoms with Crippen LogP contribution in [0.3, 0.4) is 0 Å². The van der Waals surface area contributed by atoms with E-state index in [1.165, 1.54) is 4.72 Å². The summed E-state index contributed by atoms with van der Waals surface area (Å²) >= 11 is 0. The highest BCUT2D eigenvalue weighted by Crippen LogP contribution is 2.19. The summed E-state index contributed by atoms with van der Waals surface area (Å²) in [6, 6.07) is -1.62. The van der Waals surface area contributed by atoms with Crippen LogP contribution >= 0.6 is 0 Å². The molecular formula is C6H13NO8S. The molecule has 3 unspecified atom stereocenters. The van der Waals surface area contributed by atoms with Gasteiger partial charge in [-0.05, 0) is 0 Å². The average Bonchev–Trinajstić information content (AvgIpc) is 2.17. The lowest BCUT2D eigenvalue weighted by Crippen LogP contribution is -2.64. The van der Waals surface area contributed by atoms with Crippen molar-refractivity contribution in [2.24, 2.45) is 0 Å². The maximum atomic E-state index is 10.5. The highest BCUT2D eigenvalue weighted by atomic mass is 32.2. The molecule has 0 bridgehead atoms. The van der Waals surface area contributed by atoms with E-state index < -0.39 is 47.6 Å². The molecule has 16 heavy (non-hydrogen) atoms. The average molecular weight is 259 g/mol. The third kappa shape index (κ3) is 3.09. The summed E-state index contributed by atoms with van der Waals surface area (Å²) in [5.74, 6) is 0. The summed E-state index contributed by atoms with van der Waals surface area (Å²) in [6.45, 7) is -0.659. The zero-order chi connectivity index (χ0) is 12.5. The molecule has 0 aromatic heterocycles. The van der Waals surface area contributed by atoms with Crippen LogP contribution in [0.1, 0.15) is 0 Å². The van der Waals surface area contributed by atoms with Crippen LogP contribution in [-0.4, -0.2) is 70.6 Å². The Morgan fingerprint density at radius 1 is 1.19 bits per heavy atom. The number of hydrogen-bond donors (Lipinski definition) is 6. The molecule has 0 aromatic rings. The standard InChI is InChI=1S/C6H13NO8S/c8-1-2-4(9)5(10)3(6(11)15-2)7-16(12,13)14/h2-11H,1H2,(H,12,13,14)/t2?,3?,4-,5-,6?/m1/s1. The van der Waals surface area contributed by atoms with Crippen molar-refractivity contribution in [3.8, 4) is 0 Å². The third-order valence-corrected chi connectivity index (χ3v) is 2.76. The van der Waals surface area contributed by atoms with Crippen molar-refractivity contribution in [3.63, 3.8) is 0 Å². The molecule has 0 amide bonds. The monoisotopic (exact) mass is 259 g/mol. The molecule has 0 spiro atoms. The zero-order valence-electron chi connectivity index (χ0n) is 7.96. The number of rotatable bonds is 3. The molecule has 0 saturated carbocycles. The molecule has 6 N–H and O–H groups in total. The van der Waals surface area contributed by atoms with E-state index in [4.69, 9.17) is 9.66 Å². The van der Waals surface area contributed by atoms with Gasteiger partial charge in [-0.3, -0.25) is 4.55 Å². The molecule has 5 atom stereocenters. The van der Waals surface area contributed by atoms with E-state index in [0.29, 0.717) is 0 Å². The van der Waals surface area contributed by atoms with E-state index in [1.54, 1.807) is 0 Å². The number of nitrogens with one attached hydrogen (secondary N) is 1. The first kappa shape index (κ1) is 13.7. The van der Waals surface area contributed by atoms with Gasteiger partial charge in [0.2, 0.25) is 0 Å². The number of aliphatic hydroxyl groups is 4. The Morgan fingerprint density at radius 3 is 2.19 bits per heavy atom. The van der Waals surface area contributed by atoms with Gasteiger partial charge in [-0.15, -0.1) is 0 Å². The Balaban J connectivity index is 2.80. The second-order valence-corrected chi connectivity index (χ2v) is 4.53. The minimum Gasteiger partial charge on any atom is -0.394 e. The Labute approximate surface area is 91.2 Å². The largest absolute Gasteiger partial charge is 0.394 e. The van der Waals surface area contributed by atoms with E-state index in [2.05, 4.69) is 4.74 Å².